The lowest BCUT2D eigenvalue weighted by Gasteiger charge is -2.06. The van der Waals surface area contributed by atoms with Crippen LogP contribution in [0.4, 0.5) is 0 Å². The molecule has 0 unspecified atom stereocenters. The number of carbonyl (C=O) groups is 1. The zero-order valence-electron chi connectivity index (χ0n) is 10.6. The fourth-order valence-corrected chi connectivity index (χ4v) is 1.31. The van der Waals surface area contributed by atoms with Crippen molar-refractivity contribution in [3.8, 4) is 0 Å². The molecule has 18 heavy (non-hydrogen) atoms. The van der Waals surface area contributed by atoms with Crippen LogP contribution in [0.3, 0.4) is 0 Å². The lowest BCUT2D eigenvalue weighted by atomic mass is 10.2. The Morgan fingerprint density at radius 3 is 2.44 bits per heavy atom. The molecule has 0 saturated carbocycles. The van der Waals surface area contributed by atoms with Gasteiger partial charge >= 0.3 is 5.97 Å². The Bertz CT molecular complexity index is 464. The van der Waals surface area contributed by atoms with E-state index in [0.717, 1.165) is 5.56 Å². The summed E-state index contributed by atoms with van der Waals surface area (Å²) in [5.74, 6) is -0.478. The van der Waals surface area contributed by atoms with Crippen molar-refractivity contribution in [1.82, 2.24) is 4.90 Å². The van der Waals surface area contributed by atoms with E-state index >= 15 is 0 Å². The molecule has 0 saturated heterocycles. The van der Waals surface area contributed by atoms with Crippen LogP contribution >= 0.6 is 11.6 Å². The SMILES string of the molecule is COC(=O)/C(=C/N(C)C)N=Cc1ccc(Cl)cc1. The number of rotatable bonds is 4. The van der Waals surface area contributed by atoms with Crippen LogP contribution in [0, 0.1) is 0 Å². The molecule has 0 N–H and O–H groups in total. The lowest BCUT2D eigenvalue weighted by Crippen LogP contribution is -2.09. The second-order valence-corrected chi connectivity index (χ2v) is 4.22. The average molecular weight is 267 g/mol. The molecule has 1 aromatic carbocycles. The molecule has 5 heteroatoms. The Kier molecular flexibility index (Phi) is 5.39. The minimum absolute atomic E-state index is 0.234. The molecular formula is C13H15ClN2O2. The number of hydrogen-bond acceptors (Lipinski definition) is 4. The number of methoxy groups -OCH3 is 1. The van der Waals surface area contributed by atoms with Gasteiger partial charge in [0, 0.05) is 31.5 Å². The molecule has 1 aromatic rings. The minimum Gasteiger partial charge on any atom is -0.464 e. The van der Waals surface area contributed by atoms with Crippen LogP contribution in [0.2, 0.25) is 5.02 Å². The normalized spacial score (nSPS) is 11.7. The van der Waals surface area contributed by atoms with Gasteiger partial charge in [-0.15, -0.1) is 0 Å². The van der Waals surface area contributed by atoms with Gasteiger partial charge in [0.25, 0.3) is 0 Å². The van der Waals surface area contributed by atoms with Gasteiger partial charge in [0.2, 0.25) is 0 Å². The van der Waals surface area contributed by atoms with E-state index in [9.17, 15) is 4.79 Å². The molecule has 0 aliphatic heterocycles. The molecule has 1 rings (SSSR count). The molecule has 96 valence electrons. The first-order chi connectivity index (χ1) is 8.52. The first-order valence-electron chi connectivity index (χ1n) is 5.29. The molecule has 0 bridgehead atoms. The van der Waals surface area contributed by atoms with Gasteiger partial charge in [-0.05, 0) is 17.7 Å². The Hall–Kier alpha value is -1.81. The highest BCUT2D eigenvalue weighted by atomic mass is 35.5. The highest BCUT2D eigenvalue weighted by molar-refractivity contribution is 6.30. The number of benzene rings is 1. The van der Waals surface area contributed by atoms with E-state index in [-0.39, 0.29) is 5.70 Å². The van der Waals surface area contributed by atoms with Crippen molar-refractivity contribution >= 4 is 23.8 Å². The topological polar surface area (TPSA) is 41.9 Å². The molecule has 4 nitrogen and oxygen atoms in total. The summed E-state index contributed by atoms with van der Waals surface area (Å²) in [6.45, 7) is 0. The summed E-state index contributed by atoms with van der Waals surface area (Å²) < 4.78 is 4.65. The highest BCUT2D eigenvalue weighted by Crippen LogP contribution is 2.09. The van der Waals surface area contributed by atoms with Crippen LogP contribution in [-0.4, -0.2) is 38.3 Å². The standard InChI is InChI=1S/C13H15ClN2O2/c1-16(2)9-12(13(17)18-3)15-8-10-4-6-11(14)7-5-10/h4-9H,1-3H3/b12-9-,15-8?. The van der Waals surface area contributed by atoms with Crippen LogP contribution in [0.1, 0.15) is 5.56 Å². The van der Waals surface area contributed by atoms with Crippen LogP contribution in [-0.2, 0) is 9.53 Å². The zero-order valence-corrected chi connectivity index (χ0v) is 11.3. The number of aliphatic imine (C=N–C) groups is 1. The van der Waals surface area contributed by atoms with E-state index < -0.39 is 5.97 Å². The molecule has 0 aliphatic carbocycles. The third-order valence-electron chi connectivity index (χ3n) is 2.00. The molecule has 0 fully saturated rings. The van der Waals surface area contributed by atoms with Crippen molar-refractivity contribution in [1.29, 1.82) is 0 Å². The maximum Gasteiger partial charge on any atom is 0.358 e. The van der Waals surface area contributed by atoms with Crippen molar-refractivity contribution in [2.75, 3.05) is 21.2 Å². The second kappa shape index (κ2) is 6.81. The van der Waals surface area contributed by atoms with Crippen LogP contribution < -0.4 is 0 Å². The van der Waals surface area contributed by atoms with E-state index in [1.54, 1.807) is 43.5 Å². The zero-order chi connectivity index (χ0) is 13.5. The maximum atomic E-state index is 11.5. The minimum atomic E-state index is -0.478. The van der Waals surface area contributed by atoms with Crippen LogP contribution in [0.15, 0.2) is 41.2 Å². The summed E-state index contributed by atoms with van der Waals surface area (Å²) in [5, 5.41) is 0.657. The number of hydrogen-bond donors (Lipinski definition) is 0. The molecule has 0 radical (unpaired) electrons. The fraction of sp³-hybridized carbons (Fsp3) is 0.231. The van der Waals surface area contributed by atoms with Crippen molar-refractivity contribution in [3.63, 3.8) is 0 Å². The van der Waals surface area contributed by atoms with Gasteiger partial charge in [0.15, 0.2) is 5.70 Å². The monoisotopic (exact) mass is 266 g/mol. The Balaban J connectivity index is 2.90. The fourth-order valence-electron chi connectivity index (χ4n) is 1.18. The van der Waals surface area contributed by atoms with Gasteiger partial charge in [-0.1, -0.05) is 23.7 Å². The summed E-state index contributed by atoms with van der Waals surface area (Å²) in [7, 11) is 4.94. The maximum absolute atomic E-state index is 11.5. The van der Waals surface area contributed by atoms with Crippen LogP contribution in [0.25, 0.3) is 0 Å². The first kappa shape index (κ1) is 14.3. The van der Waals surface area contributed by atoms with Crippen molar-refractivity contribution in [2.45, 2.75) is 0 Å². The van der Waals surface area contributed by atoms with Gasteiger partial charge < -0.3 is 9.64 Å². The van der Waals surface area contributed by atoms with E-state index in [1.165, 1.54) is 7.11 Å². The largest absolute Gasteiger partial charge is 0.464 e. The van der Waals surface area contributed by atoms with Gasteiger partial charge in [-0.25, -0.2) is 9.79 Å². The molecular weight excluding hydrogens is 252 g/mol. The van der Waals surface area contributed by atoms with E-state index in [0.29, 0.717) is 5.02 Å². The summed E-state index contributed by atoms with van der Waals surface area (Å²) in [6, 6.07) is 7.15. The molecule has 0 spiro atoms. The smallest absolute Gasteiger partial charge is 0.358 e. The van der Waals surface area contributed by atoms with Crippen molar-refractivity contribution < 1.29 is 9.53 Å². The molecule has 0 aromatic heterocycles. The van der Waals surface area contributed by atoms with E-state index in [1.807, 2.05) is 12.1 Å². The number of ether oxygens (including phenoxy) is 1. The summed E-state index contributed by atoms with van der Waals surface area (Å²) in [6.07, 6.45) is 3.18. The quantitative estimate of drug-likeness (QED) is 0.477. The number of carbonyl (C=O) groups excluding carboxylic acids is 1. The first-order valence-corrected chi connectivity index (χ1v) is 5.67. The molecule has 0 heterocycles. The van der Waals surface area contributed by atoms with E-state index in [2.05, 4.69) is 9.73 Å². The summed E-state index contributed by atoms with van der Waals surface area (Å²) in [5.41, 5.74) is 1.09. The predicted molar refractivity (Wildman–Crippen MR) is 72.8 cm³/mol. The lowest BCUT2D eigenvalue weighted by molar-refractivity contribution is -0.136. The Morgan fingerprint density at radius 2 is 1.94 bits per heavy atom. The van der Waals surface area contributed by atoms with Crippen LogP contribution in [0.5, 0.6) is 0 Å². The van der Waals surface area contributed by atoms with Crippen molar-refractivity contribution in [3.05, 3.63) is 46.7 Å². The highest BCUT2D eigenvalue weighted by Gasteiger charge is 2.07. The van der Waals surface area contributed by atoms with Gasteiger partial charge in [-0.2, -0.15) is 0 Å². The third kappa shape index (κ3) is 4.59. The van der Waals surface area contributed by atoms with Gasteiger partial charge in [-0.3, -0.25) is 0 Å². The summed E-state index contributed by atoms with van der Waals surface area (Å²) in [4.78, 5) is 17.3. The van der Waals surface area contributed by atoms with Gasteiger partial charge in [0.05, 0.1) is 7.11 Å². The molecule has 0 aliphatic rings. The van der Waals surface area contributed by atoms with E-state index in [4.69, 9.17) is 11.6 Å². The average Bonchev–Trinajstić information content (AvgIpc) is 2.35. The number of esters is 1. The molecule has 0 amide bonds. The second-order valence-electron chi connectivity index (χ2n) is 3.78. The van der Waals surface area contributed by atoms with Gasteiger partial charge in [0.1, 0.15) is 0 Å². The van der Waals surface area contributed by atoms with Crippen molar-refractivity contribution in [2.24, 2.45) is 4.99 Å². The Morgan fingerprint density at radius 1 is 1.33 bits per heavy atom. The molecule has 0 atom stereocenters. The number of nitrogens with zero attached hydrogens (tertiary/aromatic N) is 2. The summed E-state index contributed by atoms with van der Waals surface area (Å²) >= 11 is 5.78. The third-order valence-corrected chi connectivity index (χ3v) is 2.25. The Labute approximate surface area is 112 Å². The number of halogens is 1. The predicted octanol–water partition coefficient (Wildman–Crippen LogP) is 2.33.